The lowest BCUT2D eigenvalue weighted by Gasteiger charge is -2.23. The van der Waals surface area contributed by atoms with Gasteiger partial charge in [-0.15, -0.1) is 0 Å². The van der Waals surface area contributed by atoms with Crippen molar-refractivity contribution in [3.63, 3.8) is 0 Å². The Bertz CT molecular complexity index is 626. The van der Waals surface area contributed by atoms with E-state index in [1.54, 1.807) is 31.2 Å². The molecule has 0 bridgehead atoms. The van der Waals surface area contributed by atoms with Gasteiger partial charge in [-0.2, -0.15) is 0 Å². The molecule has 2 amide bonds. The molecule has 2 rings (SSSR count). The van der Waals surface area contributed by atoms with Crippen LogP contribution < -0.4 is 10.6 Å². The summed E-state index contributed by atoms with van der Waals surface area (Å²) in [5, 5.41) is 13.0. The number of benzene rings is 1. The molecule has 0 saturated carbocycles. The zero-order valence-corrected chi connectivity index (χ0v) is 12.0. The van der Waals surface area contributed by atoms with E-state index in [1.165, 1.54) is 0 Å². The zero-order valence-electron chi connectivity index (χ0n) is 12.0. The van der Waals surface area contributed by atoms with Gasteiger partial charge in [-0.3, -0.25) is 9.59 Å². The third kappa shape index (κ3) is 3.25. The van der Waals surface area contributed by atoms with Crippen LogP contribution in [0.3, 0.4) is 0 Å². The van der Waals surface area contributed by atoms with Gasteiger partial charge in [0, 0.05) is 24.7 Å². The highest BCUT2D eigenvalue weighted by Crippen LogP contribution is 2.34. The van der Waals surface area contributed by atoms with Crippen LogP contribution in [0.15, 0.2) is 42.2 Å². The van der Waals surface area contributed by atoms with Crippen molar-refractivity contribution in [2.45, 2.75) is 12.5 Å². The lowest BCUT2D eigenvalue weighted by Crippen LogP contribution is -2.35. The van der Waals surface area contributed by atoms with E-state index in [1.807, 2.05) is 6.07 Å². The normalized spacial score (nSPS) is 20.0. The second-order valence-corrected chi connectivity index (χ2v) is 4.86. The molecule has 1 unspecified atom stereocenters. The van der Waals surface area contributed by atoms with Gasteiger partial charge in [0.15, 0.2) is 11.4 Å². The Kier molecular flexibility index (Phi) is 4.45. The maximum Gasteiger partial charge on any atom is 0.404 e. The molecular formula is C15H16N2O5. The summed E-state index contributed by atoms with van der Waals surface area (Å²) < 4.78 is 5.55. The zero-order chi connectivity index (χ0) is 16.2. The Hall–Kier alpha value is -2.83. The maximum atomic E-state index is 12.2. The van der Waals surface area contributed by atoms with Gasteiger partial charge in [0.1, 0.15) is 0 Å². The summed E-state index contributed by atoms with van der Waals surface area (Å²) in [5.74, 6) is -0.945. The standard InChI is InChI=1S/C15H16N2O5/c1-15(10-5-3-2-4-6-10)12(18)9-11(22-15)13(19)16-7-8-17-14(20)21/h2-6,9,17H,7-8H2,1H3,(H,16,19)(H,20,21). The molecule has 0 saturated heterocycles. The van der Waals surface area contributed by atoms with E-state index < -0.39 is 17.6 Å². The second kappa shape index (κ2) is 6.30. The molecule has 0 spiro atoms. The molecule has 1 aromatic carbocycles. The van der Waals surface area contributed by atoms with Crippen molar-refractivity contribution in [2.24, 2.45) is 0 Å². The molecule has 7 nitrogen and oxygen atoms in total. The Labute approximate surface area is 127 Å². The highest BCUT2D eigenvalue weighted by molar-refractivity contribution is 6.07. The van der Waals surface area contributed by atoms with Crippen LogP contribution in [0, 0.1) is 0 Å². The predicted octanol–water partition coefficient (Wildman–Crippen LogP) is 0.769. The van der Waals surface area contributed by atoms with E-state index in [0.717, 1.165) is 6.08 Å². The lowest BCUT2D eigenvalue weighted by molar-refractivity contribution is -0.132. The van der Waals surface area contributed by atoms with Gasteiger partial charge >= 0.3 is 6.09 Å². The fourth-order valence-electron chi connectivity index (χ4n) is 2.06. The SMILES string of the molecule is CC1(c2ccccc2)OC(C(=O)NCCNC(=O)O)=CC1=O. The highest BCUT2D eigenvalue weighted by atomic mass is 16.5. The summed E-state index contributed by atoms with van der Waals surface area (Å²) in [7, 11) is 0. The second-order valence-electron chi connectivity index (χ2n) is 4.86. The number of amides is 2. The van der Waals surface area contributed by atoms with Crippen LogP contribution in [-0.2, 0) is 19.9 Å². The number of nitrogens with one attached hydrogen (secondary N) is 2. The van der Waals surface area contributed by atoms with Crippen molar-refractivity contribution in [2.75, 3.05) is 13.1 Å². The lowest BCUT2D eigenvalue weighted by atomic mass is 9.92. The molecule has 1 aromatic rings. The van der Waals surface area contributed by atoms with Crippen LogP contribution in [0.2, 0.25) is 0 Å². The number of ketones is 1. The van der Waals surface area contributed by atoms with Gasteiger partial charge in [0.2, 0.25) is 5.78 Å². The van der Waals surface area contributed by atoms with E-state index in [2.05, 4.69) is 10.6 Å². The minimum Gasteiger partial charge on any atom is -0.469 e. The quantitative estimate of drug-likeness (QED) is 0.697. The molecule has 1 aliphatic heterocycles. The summed E-state index contributed by atoms with van der Waals surface area (Å²) in [4.78, 5) is 34.4. The predicted molar refractivity (Wildman–Crippen MR) is 77.0 cm³/mol. The minimum absolute atomic E-state index is 0.0677. The van der Waals surface area contributed by atoms with E-state index in [9.17, 15) is 14.4 Å². The van der Waals surface area contributed by atoms with Crippen molar-refractivity contribution in [1.29, 1.82) is 0 Å². The average Bonchev–Trinajstić information content (AvgIpc) is 2.81. The number of rotatable bonds is 5. The molecule has 116 valence electrons. The van der Waals surface area contributed by atoms with Crippen LogP contribution in [0.25, 0.3) is 0 Å². The first-order valence-electron chi connectivity index (χ1n) is 6.69. The van der Waals surface area contributed by atoms with Crippen molar-refractivity contribution in [3.05, 3.63) is 47.7 Å². The smallest absolute Gasteiger partial charge is 0.404 e. The summed E-state index contributed by atoms with van der Waals surface area (Å²) >= 11 is 0. The van der Waals surface area contributed by atoms with E-state index in [-0.39, 0.29) is 24.6 Å². The summed E-state index contributed by atoms with van der Waals surface area (Å²) in [5.41, 5.74) is -0.556. The Morgan fingerprint density at radius 3 is 2.45 bits per heavy atom. The first kappa shape index (κ1) is 15.6. The number of hydrogen-bond donors (Lipinski definition) is 3. The van der Waals surface area contributed by atoms with Crippen molar-refractivity contribution in [3.8, 4) is 0 Å². The van der Waals surface area contributed by atoms with E-state index in [0.29, 0.717) is 5.56 Å². The number of carboxylic acid groups (broad SMARTS) is 1. The highest BCUT2D eigenvalue weighted by Gasteiger charge is 2.43. The third-order valence-corrected chi connectivity index (χ3v) is 3.28. The van der Waals surface area contributed by atoms with Gasteiger partial charge in [0.25, 0.3) is 5.91 Å². The molecular weight excluding hydrogens is 288 g/mol. The van der Waals surface area contributed by atoms with Gasteiger partial charge < -0.3 is 20.5 Å². The molecule has 0 radical (unpaired) electrons. The van der Waals surface area contributed by atoms with Crippen LogP contribution in [0.1, 0.15) is 12.5 Å². The molecule has 1 heterocycles. The molecule has 7 heteroatoms. The van der Waals surface area contributed by atoms with Crippen LogP contribution in [0.4, 0.5) is 4.79 Å². The fourth-order valence-corrected chi connectivity index (χ4v) is 2.06. The topological polar surface area (TPSA) is 105 Å². The Morgan fingerprint density at radius 1 is 1.18 bits per heavy atom. The molecule has 3 N–H and O–H groups in total. The number of carbonyl (C=O) groups excluding carboxylic acids is 2. The van der Waals surface area contributed by atoms with Gasteiger partial charge in [-0.1, -0.05) is 30.3 Å². The largest absolute Gasteiger partial charge is 0.469 e. The Morgan fingerprint density at radius 2 is 1.82 bits per heavy atom. The van der Waals surface area contributed by atoms with E-state index in [4.69, 9.17) is 9.84 Å². The maximum absolute atomic E-state index is 12.2. The van der Waals surface area contributed by atoms with Gasteiger partial charge in [-0.05, 0) is 6.92 Å². The molecule has 0 aliphatic carbocycles. The summed E-state index contributed by atoms with van der Waals surface area (Å²) in [6.45, 7) is 1.77. The van der Waals surface area contributed by atoms with Crippen LogP contribution in [-0.4, -0.2) is 36.0 Å². The number of ether oxygens (including phenoxy) is 1. The van der Waals surface area contributed by atoms with Crippen LogP contribution in [0.5, 0.6) is 0 Å². The monoisotopic (exact) mass is 304 g/mol. The molecule has 0 fully saturated rings. The summed E-state index contributed by atoms with van der Waals surface area (Å²) in [6, 6.07) is 8.90. The third-order valence-electron chi connectivity index (χ3n) is 3.28. The van der Waals surface area contributed by atoms with Gasteiger partial charge in [0.05, 0.1) is 0 Å². The Balaban J connectivity index is 1.98. The number of carbonyl (C=O) groups is 3. The minimum atomic E-state index is -1.22. The van der Waals surface area contributed by atoms with Crippen LogP contribution >= 0.6 is 0 Å². The van der Waals surface area contributed by atoms with E-state index >= 15 is 0 Å². The first-order valence-corrected chi connectivity index (χ1v) is 6.69. The van der Waals surface area contributed by atoms with Crippen molar-refractivity contribution < 1.29 is 24.2 Å². The van der Waals surface area contributed by atoms with Crippen molar-refractivity contribution in [1.82, 2.24) is 10.6 Å². The summed E-state index contributed by atoms with van der Waals surface area (Å²) in [6.07, 6.45) is -0.00938. The first-order chi connectivity index (χ1) is 10.4. The molecule has 1 atom stereocenters. The molecule has 0 aromatic heterocycles. The number of hydrogen-bond acceptors (Lipinski definition) is 4. The molecule has 22 heavy (non-hydrogen) atoms. The van der Waals surface area contributed by atoms with Gasteiger partial charge in [-0.25, -0.2) is 4.79 Å². The fraction of sp³-hybridized carbons (Fsp3) is 0.267. The van der Waals surface area contributed by atoms with Crippen molar-refractivity contribution >= 4 is 17.8 Å². The average molecular weight is 304 g/mol. The molecule has 1 aliphatic rings.